The summed E-state index contributed by atoms with van der Waals surface area (Å²) in [7, 11) is 3.99. The number of rotatable bonds is 9. The van der Waals surface area contributed by atoms with Gasteiger partial charge in [0.05, 0.1) is 24.2 Å². The van der Waals surface area contributed by atoms with Crippen molar-refractivity contribution in [3.8, 4) is 0 Å². The van der Waals surface area contributed by atoms with E-state index >= 15 is 0 Å². The van der Waals surface area contributed by atoms with Gasteiger partial charge in [-0.05, 0) is 32.5 Å². The van der Waals surface area contributed by atoms with Crippen LogP contribution < -0.4 is 15.3 Å². The lowest BCUT2D eigenvalue weighted by Crippen LogP contribution is -2.43. The van der Waals surface area contributed by atoms with Crippen molar-refractivity contribution in [2.45, 2.75) is 33.6 Å². The fourth-order valence-electron chi connectivity index (χ4n) is 1.89. The van der Waals surface area contributed by atoms with Crippen molar-refractivity contribution < 1.29 is 4.79 Å². The summed E-state index contributed by atoms with van der Waals surface area (Å²) in [5.41, 5.74) is 0.590. The average Bonchev–Trinajstić information content (AvgIpc) is 2.51. The molecule has 0 saturated carbocycles. The summed E-state index contributed by atoms with van der Waals surface area (Å²) in [6, 6.07) is 3.26. The number of likely N-dealkylation sites (N-methyl/N-ethyl adjacent to an activating group) is 1. The number of nitrogens with one attached hydrogen (secondary N) is 1. The molecule has 136 valence electrons. The summed E-state index contributed by atoms with van der Waals surface area (Å²) in [6.45, 7) is 8.09. The summed E-state index contributed by atoms with van der Waals surface area (Å²) in [5.74, 6) is 0.288. The zero-order valence-corrected chi connectivity index (χ0v) is 16.1. The highest BCUT2D eigenvalue weighted by atomic mass is 32.2. The summed E-state index contributed by atoms with van der Waals surface area (Å²) in [6.07, 6.45) is 1.62. The molecule has 0 radical (unpaired) electrons. The van der Waals surface area contributed by atoms with E-state index in [-0.39, 0.29) is 16.7 Å². The second kappa shape index (κ2) is 10.4. The first-order valence-electron chi connectivity index (χ1n) is 8.31. The van der Waals surface area contributed by atoms with Gasteiger partial charge in [0.1, 0.15) is 0 Å². The van der Waals surface area contributed by atoms with Gasteiger partial charge in [-0.15, -0.1) is 4.79 Å². The number of hydrogen-bond donors (Lipinski definition) is 1. The molecule has 8 heteroatoms. The third kappa shape index (κ3) is 7.35. The Hall–Kier alpha value is -1.54. The Balaban J connectivity index is 2.96. The highest BCUT2D eigenvalue weighted by molar-refractivity contribution is 8.14. The first-order chi connectivity index (χ1) is 11.3. The molecule has 0 atom stereocenters. The van der Waals surface area contributed by atoms with Crippen molar-refractivity contribution in [2.24, 2.45) is 5.92 Å². The van der Waals surface area contributed by atoms with Gasteiger partial charge < -0.3 is 10.2 Å². The first-order valence-corrected chi connectivity index (χ1v) is 9.08. The molecule has 0 saturated heterocycles. The molecule has 0 unspecified atom stereocenters. The number of carbonyl (C=O) groups is 1. The highest BCUT2D eigenvalue weighted by Crippen LogP contribution is 2.11. The minimum atomic E-state index is -0.236. The molecule has 0 aliphatic rings. The van der Waals surface area contributed by atoms with Crippen molar-refractivity contribution >= 4 is 17.2 Å². The van der Waals surface area contributed by atoms with Gasteiger partial charge >= 0.3 is 5.24 Å². The second-order valence-corrected chi connectivity index (χ2v) is 7.31. The molecule has 1 heterocycles. The maximum atomic E-state index is 12.2. The summed E-state index contributed by atoms with van der Waals surface area (Å²) >= 11 is 0.987. The van der Waals surface area contributed by atoms with E-state index in [9.17, 15) is 9.59 Å². The van der Waals surface area contributed by atoms with Crippen LogP contribution in [0.15, 0.2) is 16.9 Å². The number of hydrogen-bond acceptors (Lipinski definition) is 6. The van der Waals surface area contributed by atoms with Gasteiger partial charge in [-0.2, -0.15) is 5.10 Å². The van der Waals surface area contributed by atoms with Gasteiger partial charge in [-0.1, -0.05) is 20.8 Å². The molecule has 7 nitrogen and oxygen atoms in total. The number of aromatic nitrogens is 2. The first kappa shape index (κ1) is 20.5. The van der Waals surface area contributed by atoms with Gasteiger partial charge in [-0.3, -0.25) is 9.59 Å². The van der Waals surface area contributed by atoms with Crippen LogP contribution in [-0.4, -0.2) is 53.8 Å². The van der Waals surface area contributed by atoms with Gasteiger partial charge in [0.15, 0.2) is 0 Å². The summed E-state index contributed by atoms with van der Waals surface area (Å²) in [5, 5.41) is 7.07. The minimum Gasteiger partial charge on any atom is -0.345 e. The average molecular weight is 356 g/mol. The van der Waals surface area contributed by atoms with Crippen LogP contribution in [0, 0.1) is 5.92 Å². The fraction of sp³-hybridized carbons (Fsp3) is 0.688. The molecule has 1 aromatic heterocycles. The molecular formula is C16H29N5O2S. The number of nitrogens with zero attached hydrogens (tertiary/aromatic N) is 4. The Bertz CT molecular complexity index is 574. The van der Waals surface area contributed by atoms with Crippen LogP contribution in [0.2, 0.25) is 0 Å². The lowest BCUT2D eigenvalue weighted by atomic mass is 10.2. The van der Waals surface area contributed by atoms with Gasteiger partial charge in [0, 0.05) is 25.6 Å². The van der Waals surface area contributed by atoms with E-state index in [1.54, 1.807) is 10.5 Å². The van der Waals surface area contributed by atoms with Gasteiger partial charge in [0.2, 0.25) is 0 Å². The Morgan fingerprint density at radius 1 is 1.38 bits per heavy atom. The molecular weight excluding hydrogens is 326 g/mol. The van der Waals surface area contributed by atoms with Crippen molar-refractivity contribution in [2.75, 3.05) is 38.1 Å². The van der Waals surface area contributed by atoms with E-state index in [4.69, 9.17) is 0 Å². The number of carbonyl (C=O) groups excluding carboxylic acids is 1. The Morgan fingerprint density at radius 2 is 2.08 bits per heavy atom. The Labute approximate surface area is 148 Å². The van der Waals surface area contributed by atoms with Gasteiger partial charge in [-0.25, -0.2) is 4.41 Å². The molecule has 0 bridgehead atoms. The molecule has 0 aliphatic carbocycles. The van der Waals surface area contributed by atoms with Crippen LogP contribution in [0.5, 0.6) is 0 Å². The predicted octanol–water partition coefficient (Wildman–Crippen LogP) is 1.71. The topological polar surface area (TPSA) is 70.5 Å². The van der Waals surface area contributed by atoms with Crippen LogP contribution in [0.1, 0.15) is 32.9 Å². The van der Waals surface area contributed by atoms with Crippen molar-refractivity contribution in [1.29, 1.82) is 0 Å². The van der Waals surface area contributed by atoms with Crippen molar-refractivity contribution in [1.82, 2.24) is 20.1 Å². The molecule has 24 heavy (non-hydrogen) atoms. The highest BCUT2D eigenvalue weighted by Gasteiger charge is 2.17. The van der Waals surface area contributed by atoms with Crippen LogP contribution in [0.25, 0.3) is 0 Å². The number of amides is 1. The Morgan fingerprint density at radius 3 is 2.67 bits per heavy atom. The smallest absolute Gasteiger partial charge is 0.301 e. The molecule has 1 aromatic rings. The van der Waals surface area contributed by atoms with Crippen LogP contribution in [0.3, 0.4) is 0 Å². The molecule has 0 fully saturated rings. The van der Waals surface area contributed by atoms with Gasteiger partial charge in [0.25, 0.3) is 5.56 Å². The van der Waals surface area contributed by atoms with E-state index in [1.807, 2.05) is 34.9 Å². The summed E-state index contributed by atoms with van der Waals surface area (Å²) in [4.78, 5) is 27.6. The maximum absolute atomic E-state index is 12.2. The third-order valence-corrected chi connectivity index (χ3v) is 3.92. The molecule has 0 aliphatic heterocycles. The van der Waals surface area contributed by atoms with E-state index in [2.05, 4.69) is 15.3 Å². The SMILES string of the molecule is CCCNC(=O)SN(CC(C)C)n1nc(CCN(C)C)ccc1=O. The van der Waals surface area contributed by atoms with Crippen molar-refractivity contribution in [3.05, 3.63) is 28.2 Å². The zero-order valence-electron chi connectivity index (χ0n) is 15.3. The Kier molecular flexibility index (Phi) is 8.84. The normalized spacial score (nSPS) is 11.1. The van der Waals surface area contributed by atoms with E-state index < -0.39 is 0 Å². The summed E-state index contributed by atoms with van der Waals surface area (Å²) < 4.78 is 1.64. The van der Waals surface area contributed by atoms with E-state index in [1.165, 1.54) is 10.9 Å². The zero-order chi connectivity index (χ0) is 18.1. The largest absolute Gasteiger partial charge is 0.345 e. The second-order valence-electron chi connectivity index (χ2n) is 6.34. The molecule has 1 amide bonds. The predicted molar refractivity (Wildman–Crippen MR) is 100.0 cm³/mol. The fourth-order valence-corrected chi connectivity index (χ4v) is 2.82. The third-order valence-electron chi connectivity index (χ3n) is 3.09. The minimum absolute atomic E-state index is 0.176. The molecule has 0 aromatic carbocycles. The molecule has 1 N–H and O–H groups in total. The van der Waals surface area contributed by atoms with E-state index in [0.717, 1.165) is 37.0 Å². The molecule has 0 spiro atoms. The maximum Gasteiger partial charge on any atom is 0.301 e. The van der Waals surface area contributed by atoms with Crippen molar-refractivity contribution in [3.63, 3.8) is 0 Å². The molecule has 1 rings (SSSR count). The standard InChI is InChI=1S/C16H29N5O2S/c1-6-10-17-16(23)24-20(12-13(2)3)21-15(22)8-7-14(18-21)9-11-19(4)5/h7-8,13H,6,9-12H2,1-5H3,(H,17,23). The monoisotopic (exact) mass is 355 g/mol. The van der Waals surface area contributed by atoms with Crippen LogP contribution in [-0.2, 0) is 6.42 Å². The van der Waals surface area contributed by atoms with Crippen LogP contribution in [0.4, 0.5) is 4.79 Å². The van der Waals surface area contributed by atoms with Crippen LogP contribution >= 0.6 is 11.9 Å². The lowest BCUT2D eigenvalue weighted by Gasteiger charge is -2.24. The quantitative estimate of drug-likeness (QED) is 0.680. The van der Waals surface area contributed by atoms with E-state index in [0.29, 0.717) is 13.1 Å². The lowest BCUT2D eigenvalue weighted by molar-refractivity contribution is 0.260.